The summed E-state index contributed by atoms with van der Waals surface area (Å²) < 4.78 is 85.9. The first-order chi connectivity index (χ1) is 18.7. The number of likely N-dealkylation sites (tertiary alicyclic amines) is 1. The summed E-state index contributed by atoms with van der Waals surface area (Å²) in [5.41, 5.74) is -2.22. The average molecular weight is 609 g/mol. The fourth-order valence-electron chi connectivity index (χ4n) is 4.41. The molecule has 0 aliphatic carbocycles. The maximum atomic E-state index is 13.3. The highest BCUT2D eigenvalue weighted by molar-refractivity contribution is 7.16. The number of methoxy groups -OCH3 is 1. The highest BCUT2D eigenvalue weighted by atomic mass is 35.5. The first kappa shape index (κ1) is 29.8. The van der Waals surface area contributed by atoms with Crippen molar-refractivity contribution < 1.29 is 40.7 Å². The third kappa shape index (κ3) is 6.77. The van der Waals surface area contributed by atoms with Crippen LogP contribution in [0.3, 0.4) is 0 Å². The molecule has 0 spiro atoms. The molecule has 216 valence electrons. The molecule has 7 nitrogen and oxygen atoms in total. The molecule has 3 aromatic rings. The number of aryl methyl sites for hydroxylation is 1. The summed E-state index contributed by atoms with van der Waals surface area (Å²) in [4.78, 5) is 30.3. The summed E-state index contributed by atoms with van der Waals surface area (Å²) >= 11 is 7.25. The van der Waals surface area contributed by atoms with Crippen molar-refractivity contribution in [3.63, 3.8) is 0 Å². The van der Waals surface area contributed by atoms with Crippen LogP contribution in [-0.2, 0) is 39.6 Å². The van der Waals surface area contributed by atoms with Gasteiger partial charge < -0.3 is 9.64 Å². The minimum Gasteiger partial charge on any atom is -0.469 e. The minimum absolute atomic E-state index is 0.0136. The van der Waals surface area contributed by atoms with Gasteiger partial charge in [-0.05, 0) is 44.0 Å². The maximum absolute atomic E-state index is 13.3. The van der Waals surface area contributed by atoms with Gasteiger partial charge in [-0.15, -0.1) is 11.3 Å². The number of ether oxygens (including phenoxy) is 1. The van der Waals surface area contributed by atoms with Crippen LogP contribution >= 0.6 is 22.9 Å². The van der Waals surface area contributed by atoms with Crippen molar-refractivity contribution in [2.24, 2.45) is 0 Å². The molecule has 0 radical (unpaired) electrons. The molecule has 15 heteroatoms. The molecule has 1 saturated heterocycles. The van der Waals surface area contributed by atoms with E-state index in [0.717, 1.165) is 11.3 Å². The number of hydrogen-bond acceptors (Lipinski definition) is 6. The lowest BCUT2D eigenvalue weighted by molar-refractivity contribution is -0.143. The number of carbonyl (C=O) groups excluding carboxylic acids is 2. The average Bonchev–Trinajstić information content (AvgIpc) is 3.44. The normalized spacial score (nSPS) is 15.0. The number of nitrogens with zero attached hydrogens (tertiary/aromatic N) is 4. The number of benzene rings is 1. The summed E-state index contributed by atoms with van der Waals surface area (Å²) in [6.45, 7) is 2.47. The molecule has 40 heavy (non-hydrogen) atoms. The number of esters is 1. The minimum atomic E-state index is -4.99. The fourth-order valence-corrected chi connectivity index (χ4v) is 5.78. The van der Waals surface area contributed by atoms with Crippen LogP contribution in [0.4, 0.5) is 26.3 Å². The largest absolute Gasteiger partial charge is 0.469 e. The Kier molecular flexibility index (Phi) is 8.50. The van der Waals surface area contributed by atoms with E-state index in [1.165, 1.54) is 11.8 Å². The molecule has 2 aromatic heterocycles. The van der Waals surface area contributed by atoms with Crippen molar-refractivity contribution >= 4 is 34.8 Å². The van der Waals surface area contributed by atoms with E-state index in [9.17, 15) is 35.9 Å². The van der Waals surface area contributed by atoms with Gasteiger partial charge in [0.15, 0.2) is 0 Å². The van der Waals surface area contributed by atoms with Crippen LogP contribution in [0.25, 0.3) is 11.3 Å². The third-order valence-corrected chi connectivity index (χ3v) is 7.95. The number of aromatic nitrogens is 3. The van der Waals surface area contributed by atoms with Crippen LogP contribution in [-0.4, -0.2) is 51.7 Å². The molecule has 0 bridgehead atoms. The van der Waals surface area contributed by atoms with E-state index in [1.54, 1.807) is 17.9 Å². The summed E-state index contributed by atoms with van der Waals surface area (Å²) in [6.07, 6.45) is -9.02. The van der Waals surface area contributed by atoms with Crippen molar-refractivity contribution in [1.82, 2.24) is 19.7 Å². The molecule has 1 amide bonds. The van der Waals surface area contributed by atoms with E-state index >= 15 is 0 Å². The van der Waals surface area contributed by atoms with Crippen LogP contribution in [0.1, 0.15) is 46.3 Å². The first-order valence-corrected chi connectivity index (χ1v) is 13.2. The Balaban J connectivity index is 1.45. The van der Waals surface area contributed by atoms with Crippen LogP contribution in [0.15, 0.2) is 24.3 Å². The summed E-state index contributed by atoms with van der Waals surface area (Å²) in [7, 11) is 1.27. The van der Waals surface area contributed by atoms with Crippen LogP contribution in [0.5, 0.6) is 0 Å². The Hall–Kier alpha value is -3.13. The van der Waals surface area contributed by atoms with Gasteiger partial charge in [-0.2, -0.15) is 31.4 Å². The van der Waals surface area contributed by atoms with Gasteiger partial charge >= 0.3 is 18.3 Å². The quantitative estimate of drug-likeness (QED) is 0.249. The van der Waals surface area contributed by atoms with E-state index in [1.807, 2.05) is 0 Å². The molecule has 1 aliphatic heterocycles. The second kappa shape index (κ2) is 11.4. The van der Waals surface area contributed by atoms with Gasteiger partial charge in [0.05, 0.1) is 35.4 Å². The Labute approximate surface area is 233 Å². The van der Waals surface area contributed by atoms with E-state index in [2.05, 4.69) is 14.8 Å². The molecule has 0 unspecified atom stereocenters. The zero-order valence-electron chi connectivity index (χ0n) is 21.2. The molecule has 0 N–H and O–H groups in total. The number of carbonyl (C=O) groups is 2. The number of amides is 1. The Morgan fingerprint density at radius 2 is 1.65 bits per heavy atom. The van der Waals surface area contributed by atoms with Gasteiger partial charge in [0.1, 0.15) is 16.6 Å². The smallest absolute Gasteiger partial charge is 0.416 e. The summed E-state index contributed by atoms with van der Waals surface area (Å²) in [5, 5.41) is 4.76. The standard InChI is InChI=1S/C25H23ClF6N4O3S/c1-13-7-18(11-20(38)39-2)34-36(13)12-19(37)35-5-3-14(4-6-35)23-33-21(22(26)40-23)15-8-16(24(27,28)29)10-17(9-15)25(30,31)32/h7-10,14H,3-6,11-12H2,1-2H3. The second-order valence-corrected chi connectivity index (χ2v) is 10.9. The number of alkyl halides is 6. The highest BCUT2D eigenvalue weighted by Gasteiger charge is 2.37. The lowest BCUT2D eigenvalue weighted by atomic mass is 9.97. The van der Waals surface area contributed by atoms with Gasteiger partial charge in [0, 0.05) is 30.3 Å². The molecule has 4 rings (SSSR count). The van der Waals surface area contributed by atoms with Gasteiger partial charge in [0.2, 0.25) is 5.91 Å². The number of halogens is 7. The van der Waals surface area contributed by atoms with Crippen molar-refractivity contribution in [2.45, 2.75) is 51.0 Å². The lowest BCUT2D eigenvalue weighted by Gasteiger charge is -2.31. The SMILES string of the molecule is COC(=O)Cc1cc(C)n(CC(=O)N2CCC(c3nc(-c4cc(C(F)(F)F)cc(C(F)(F)F)c4)c(Cl)s3)CC2)n1. The van der Waals surface area contributed by atoms with E-state index in [-0.39, 0.29) is 46.5 Å². The van der Waals surface area contributed by atoms with Gasteiger partial charge in [-0.3, -0.25) is 14.3 Å². The second-order valence-electron chi connectivity index (χ2n) is 9.31. The summed E-state index contributed by atoms with van der Waals surface area (Å²) in [6, 6.07) is 2.97. The molecular weight excluding hydrogens is 586 g/mol. The summed E-state index contributed by atoms with van der Waals surface area (Å²) in [5.74, 6) is -0.806. The number of thiazole rings is 1. The molecule has 3 heterocycles. The first-order valence-electron chi connectivity index (χ1n) is 12.0. The van der Waals surface area contributed by atoms with E-state index in [4.69, 9.17) is 11.6 Å². The molecule has 1 aromatic carbocycles. The third-order valence-electron chi connectivity index (χ3n) is 6.53. The monoisotopic (exact) mass is 608 g/mol. The van der Waals surface area contributed by atoms with Gasteiger partial charge in [-0.25, -0.2) is 4.98 Å². The van der Waals surface area contributed by atoms with Crippen molar-refractivity contribution in [1.29, 1.82) is 0 Å². The molecular formula is C25H23ClF6N4O3S. The molecule has 1 aliphatic rings. The van der Waals surface area contributed by atoms with Crippen molar-refractivity contribution in [3.05, 3.63) is 56.1 Å². The zero-order valence-corrected chi connectivity index (χ0v) is 22.8. The van der Waals surface area contributed by atoms with E-state index < -0.39 is 29.4 Å². The Morgan fingerprint density at radius 1 is 1.05 bits per heavy atom. The highest BCUT2D eigenvalue weighted by Crippen LogP contribution is 2.43. The number of hydrogen-bond donors (Lipinski definition) is 0. The predicted molar refractivity (Wildman–Crippen MR) is 134 cm³/mol. The fraction of sp³-hybridized carbons (Fsp3) is 0.440. The Morgan fingerprint density at radius 3 is 2.20 bits per heavy atom. The van der Waals surface area contributed by atoms with Crippen LogP contribution in [0.2, 0.25) is 4.34 Å². The molecule has 0 atom stereocenters. The number of piperidine rings is 1. The number of rotatable bonds is 6. The predicted octanol–water partition coefficient (Wildman–Crippen LogP) is 6.13. The maximum Gasteiger partial charge on any atom is 0.416 e. The Bertz CT molecular complexity index is 1380. The van der Waals surface area contributed by atoms with Gasteiger partial charge in [-0.1, -0.05) is 11.6 Å². The zero-order chi connectivity index (χ0) is 29.4. The lowest BCUT2D eigenvalue weighted by Crippen LogP contribution is -2.40. The molecule has 1 fully saturated rings. The topological polar surface area (TPSA) is 77.3 Å². The van der Waals surface area contributed by atoms with Crippen molar-refractivity contribution in [3.8, 4) is 11.3 Å². The van der Waals surface area contributed by atoms with E-state index in [0.29, 0.717) is 54.5 Å². The van der Waals surface area contributed by atoms with Crippen molar-refractivity contribution in [2.75, 3.05) is 20.2 Å². The van der Waals surface area contributed by atoms with Gasteiger partial charge in [0.25, 0.3) is 0 Å². The van der Waals surface area contributed by atoms with Crippen LogP contribution < -0.4 is 0 Å². The molecule has 0 saturated carbocycles. The van der Waals surface area contributed by atoms with Crippen LogP contribution in [0, 0.1) is 6.92 Å².